The molecule has 88 valence electrons. The third-order valence-corrected chi connectivity index (χ3v) is 2.86. The van der Waals surface area contributed by atoms with E-state index in [9.17, 15) is 0 Å². The van der Waals surface area contributed by atoms with Crippen molar-refractivity contribution in [1.82, 2.24) is 0 Å². The molecule has 0 nitrogen and oxygen atoms in total. The summed E-state index contributed by atoms with van der Waals surface area (Å²) in [5.41, 5.74) is 1.50. The van der Waals surface area contributed by atoms with Gasteiger partial charge in [-0.3, -0.25) is 0 Å². The molecule has 0 radical (unpaired) electrons. The van der Waals surface area contributed by atoms with Gasteiger partial charge in [-0.05, 0) is 0 Å². The maximum atomic E-state index is 2.29. The van der Waals surface area contributed by atoms with Gasteiger partial charge in [0.05, 0.1) is 0 Å². The van der Waals surface area contributed by atoms with Gasteiger partial charge in [0, 0.05) is 25.8 Å². The molecule has 1 heteroatoms. The van der Waals surface area contributed by atoms with Crippen molar-refractivity contribution in [3.8, 4) is 0 Å². The molecule has 0 saturated heterocycles. The first-order chi connectivity index (χ1) is 6.33. The SMILES string of the molecule is CCC(C)c1c[cH-]c2ccccc12.[CH3-].[CH3-].[Hf]. The second-order valence-electron chi connectivity index (χ2n) is 3.69. The summed E-state index contributed by atoms with van der Waals surface area (Å²) in [5, 5.41) is 2.80. The Morgan fingerprint density at radius 3 is 2.44 bits per heavy atom. The predicted octanol–water partition coefficient (Wildman–Crippen LogP) is 4.97. The van der Waals surface area contributed by atoms with Crippen molar-refractivity contribution in [2.75, 3.05) is 0 Å². The van der Waals surface area contributed by atoms with Gasteiger partial charge in [-0.2, -0.15) is 5.56 Å². The van der Waals surface area contributed by atoms with E-state index < -0.39 is 0 Å². The van der Waals surface area contributed by atoms with E-state index >= 15 is 0 Å². The number of rotatable bonds is 2. The molecule has 0 aromatic heterocycles. The van der Waals surface area contributed by atoms with Crippen LogP contribution in [-0.4, -0.2) is 0 Å². The number of hydrogen-bond donors (Lipinski definition) is 0. The maximum absolute atomic E-state index is 2.29. The first kappa shape index (κ1) is 18.1. The van der Waals surface area contributed by atoms with Gasteiger partial charge in [-0.15, -0.1) is 41.1 Å². The second kappa shape index (κ2) is 7.89. The smallest absolute Gasteiger partial charge is 0 e. The van der Waals surface area contributed by atoms with Crippen LogP contribution in [-0.2, 0) is 25.8 Å². The van der Waals surface area contributed by atoms with E-state index in [1.54, 1.807) is 0 Å². The van der Waals surface area contributed by atoms with Crippen molar-refractivity contribution in [2.24, 2.45) is 0 Å². The first-order valence-electron chi connectivity index (χ1n) is 4.97. The van der Waals surface area contributed by atoms with Crippen LogP contribution in [0, 0.1) is 14.9 Å². The van der Waals surface area contributed by atoms with Crippen molar-refractivity contribution in [3.05, 3.63) is 56.8 Å². The Morgan fingerprint density at radius 1 is 1.19 bits per heavy atom. The predicted molar refractivity (Wildman–Crippen MR) is 71.1 cm³/mol. The molecule has 2 aromatic rings. The molecule has 1 unspecified atom stereocenters. The van der Waals surface area contributed by atoms with E-state index in [0.29, 0.717) is 5.92 Å². The minimum Gasteiger partial charge on any atom is -0.358 e. The molecule has 0 spiro atoms. The van der Waals surface area contributed by atoms with Crippen molar-refractivity contribution < 1.29 is 25.8 Å². The van der Waals surface area contributed by atoms with Gasteiger partial charge in [-0.25, -0.2) is 0 Å². The summed E-state index contributed by atoms with van der Waals surface area (Å²) in [5.74, 6) is 0.680. The third kappa shape index (κ3) is 3.35. The fraction of sp³-hybridized carbons (Fsp3) is 0.267. The van der Waals surface area contributed by atoms with Crippen LogP contribution in [0.25, 0.3) is 10.8 Å². The van der Waals surface area contributed by atoms with E-state index in [0.717, 1.165) is 0 Å². The van der Waals surface area contributed by atoms with E-state index in [1.807, 2.05) is 0 Å². The first-order valence-corrected chi connectivity index (χ1v) is 4.97. The Hall–Kier alpha value is -0.300. The van der Waals surface area contributed by atoms with E-state index in [1.165, 1.54) is 22.8 Å². The molecular formula is C15H21Hf-3. The van der Waals surface area contributed by atoms with Crippen LogP contribution in [0.1, 0.15) is 31.7 Å². The number of hydrogen-bond acceptors (Lipinski definition) is 0. The van der Waals surface area contributed by atoms with Gasteiger partial charge < -0.3 is 14.9 Å². The summed E-state index contributed by atoms with van der Waals surface area (Å²) < 4.78 is 0. The van der Waals surface area contributed by atoms with Crippen molar-refractivity contribution in [3.63, 3.8) is 0 Å². The van der Waals surface area contributed by atoms with Crippen LogP contribution in [0.15, 0.2) is 36.4 Å². The van der Waals surface area contributed by atoms with Gasteiger partial charge in [0.1, 0.15) is 0 Å². The van der Waals surface area contributed by atoms with E-state index in [2.05, 4.69) is 50.2 Å². The average Bonchev–Trinajstić information content (AvgIpc) is 2.60. The molecule has 1 atom stereocenters. The number of fused-ring (bicyclic) bond motifs is 1. The molecule has 0 bridgehead atoms. The summed E-state index contributed by atoms with van der Waals surface area (Å²) in [6.45, 7) is 4.54. The molecular weight excluding hydrogens is 359 g/mol. The average molecular weight is 380 g/mol. The van der Waals surface area contributed by atoms with Crippen LogP contribution in [0.4, 0.5) is 0 Å². The zero-order chi connectivity index (χ0) is 9.26. The van der Waals surface area contributed by atoms with Gasteiger partial charge in [-0.1, -0.05) is 32.3 Å². The Labute approximate surface area is 119 Å². The fourth-order valence-electron chi connectivity index (χ4n) is 1.82. The van der Waals surface area contributed by atoms with E-state index in [-0.39, 0.29) is 40.7 Å². The molecule has 0 saturated carbocycles. The van der Waals surface area contributed by atoms with Crippen molar-refractivity contribution >= 4 is 10.8 Å². The molecule has 0 aliphatic rings. The Balaban J connectivity index is 0. The zero-order valence-corrected chi connectivity index (χ0v) is 14.3. The van der Waals surface area contributed by atoms with Gasteiger partial charge in [0.25, 0.3) is 0 Å². The molecule has 16 heavy (non-hydrogen) atoms. The summed E-state index contributed by atoms with van der Waals surface area (Å²) >= 11 is 0. The normalized spacial score (nSPS) is 10.9. The van der Waals surface area contributed by atoms with Gasteiger partial charge >= 0.3 is 0 Å². The summed E-state index contributed by atoms with van der Waals surface area (Å²) in [4.78, 5) is 0. The Morgan fingerprint density at radius 2 is 1.81 bits per heavy atom. The summed E-state index contributed by atoms with van der Waals surface area (Å²) in [7, 11) is 0. The Bertz CT molecular complexity index is 400. The zero-order valence-electron chi connectivity index (χ0n) is 10.7. The molecule has 0 amide bonds. The molecule has 0 aliphatic heterocycles. The van der Waals surface area contributed by atoms with Crippen LogP contribution >= 0.6 is 0 Å². The van der Waals surface area contributed by atoms with Gasteiger partial charge in [0.2, 0.25) is 0 Å². The topological polar surface area (TPSA) is 0 Å². The molecule has 2 aromatic carbocycles. The van der Waals surface area contributed by atoms with Crippen LogP contribution in [0.5, 0.6) is 0 Å². The maximum Gasteiger partial charge on any atom is 0 e. The summed E-state index contributed by atoms with van der Waals surface area (Å²) in [6, 6.07) is 13.1. The minimum atomic E-state index is 0. The van der Waals surface area contributed by atoms with Gasteiger partial charge in [0.15, 0.2) is 0 Å². The molecule has 0 aliphatic carbocycles. The fourth-order valence-corrected chi connectivity index (χ4v) is 1.82. The third-order valence-electron chi connectivity index (χ3n) is 2.86. The van der Waals surface area contributed by atoms with Crippen LogP contribution in [0.2, 0.25) is 0 Å². The second-order valence-corrected chi connectivity index (χ2v) is 3.69. The Kier molecular flexibility index (Phi) is 8.91. The minimum absolute atomic E-state index is 0. The molecule has 0 fully saturated rings. The van der Waals surface area contributed by atoms with Crippen LogP contribution < -0.4 is 0 Å². The molecule has 0 N–H and O–H groups in total. The van der Waals surface area contributed by atoms with E-state index in [4.69, 9.17) is 0 Å². The summed E-state index contributed by atoms with van der Waals surface area (Å²) in [6.07, 6.45) is 1.22. The molecule has 0 heterocycles. The quantitative estimate of drug-likeness (QED) is 0.510. The largest absolute Gasteiger partial charge is 0.358 e. The van der Waals surface area contributed by atoms with Crippen molar-refractivity contribution in [1.29, 1.82) is 0 Å². The van der Waals surface area contributed by atoms with Crippen LogP contribution in [0.3, 0.4) is 0 Å². The number of benzene rings is 1. The standard InChI is InChI=1S/C13H15.2CH3.Hf/c1-3-10(2)12-9-8-11-6-4-5-7-13(11)12;;;/h4-10H,3H2,1-2H3;2*1H3;/q3*-1;. The molecule has 2 rings (SSSR count). The van der Waals surface area contributed by atoms with Crippen molar-refractivity contribution in [2.45, 2.75) is 26.2 Å². The monoisotopic (exact) mass is 381 g/mol.